The van der Waals surface area contributed by atoms with Crippen LogP contribution in [0, 0.1) is 0 Å². The molecule has 2 aromatic heterocycles. The molecular formula is C19H18N6OS. The van der Waals surface area contributed by atoms with Crippen molar-refractivity contribution in [2.45, 2.75) is 0 Å². The van der Waals surface area contributed by atoms with E-state index in [0.717, 1.165) is 34.4 Å². The fraction of sp³-hybridized carbons (Fsp3) is 0.211. The highest BCUT2D eigenvalue weighted by Gasteiger charge is 2.18. The van der Waals surface area contributed by atoms with Crippen molar-refractivity contribution in [2.24, 2.45) is 0 Å². The first-order chi connectivity index (χ1) is 13.3. The van der Waals surface area contributed by atoms with Gasteiger partial charge in [-0.15, -0.1) is 5.10 Å². The molecule has 2 aromatic carbocycles. The number of fused-ring (bicyclic) bond motifs is 2. The Balaban J connectivity index is 1.31. The summed E-state index contributed by atoms with van der Waals surface area (Å²) in [5, 5.41) is 13.9. The van der Waals surface area contributed by atoms with Crippen LogP contribution in [0.15, 0.2) is 48.7 Å². The van der Waals surface area contributed by atoms with Crippen LogP contribution in [0.5, 0.6) is 0 Å². The largest absolute Gasteiger partial charge is 0.358 e. The molecule has 136 valence electrons. The summed E-state index contributed by atoms with van der Waals surface area (Å²) >= 11 is 1.51. The number of urea groups is 1. The van der Waals surface area contributed by atoms with E-state index in [-0.39, 0.29) is 6.03 Å². The van der Waals surface area contributed by atoms with Crippen LogP contribution in [0.1, 0.15) is 0 Å². The molecule has 4 aromatic rings. The van der Waals surface area contributed by atoms with E-state index in [1.807, 2.05) is 18.3 Å². The molecule has 2 amide bonds. The van der Waals surface area contributed by atoms with E-state index in [1.165, 1.54) is 22.1 Å². The van der Waals surface area contributed by atoms with Crippen molar-refractivity contribution in [3.8, 4) is 11.3 Å². The summed E-state index contributed by atoms with van der Waals surface area (Å²) in [5.74, 6) is 0. The Morgan fingerprint density at radius 3 is 2.89 bits per heavy atom. The Morgan fingerprint density at radius 2 is 2.07 bits per heavy atom. The average molecular weight is 378 g/mol. The number of hydrogen-bond donors (Lipinski definition) is 2. The number of nitrogens with one attached hydrogen (secondary N) is 2. The summed E-state index contributed by atoms with van der Waals surface area (Å²) in [6, 6.07) is 14.7. The van der Waals surface area contributed by atoms with Crippen molar-refractivity contribution in [1.29, 1.82) is 0 Å². The van der Waals surface area contributed by atoms with E-state index in [0.29, 0.717) is 13.1 Å². The van der Waals surface area contributed by atoms with E-state index in [4.69, 9.17) is 4.98 Å². The zero-order chi connectivity index (χ0) is 18.2. The number of nitrogens with zero attached hydrogens (tertiary/aromatic N) is 4. The molecule has 1 aliphatic heterocycles. The first-order valence-electron chi connectivity index (χ1n) is 8.88. The lowest BCUT2D eigenvalue weighted by molar-refractivity contribution is 0.219. The highest BCUT2D eigenvalue weighted by molar-refractivity contribution is 7.20. The van der Waals surface area contributed by atoms with Gasteiger partial charge in [-0.1, -0.05) is 47.7 Å². The lowest BCUT2D eigenvalue weighted by Crippen LogP contribution is -2.32. The maximum atomic E-state index is 11.5. The van der Waals surface area contributed by atoms with Gasteiger partial charge < -0.3 is 15.5 Å². The van der Waals surface area contributed by atoms with Crippen molar-refractivity contribution in [1.82, 2.24) is 24.8 Å². The molecule has 27 heavy (non-hydrogen) atoms. The van der Waals surface area contributed by atoms with Crippen LogP contribution >= 0.6 is 11.3 Å². The number of amides is 2. The molecule has 0 aliphatic carbocycles. The van der Waals surface area contributed by atoms with E-state index in [1.54, 1.807) is 9.42 Å². The minimum Gasteiger partial charge on any atom is -0.358 e. The van der Waals surface area contributed by atoms with Crippen molar-refractivity contribution in [3.63, 3.8) is 0 Å². The zero-order valence-electron chi connectivity index (χ0n) is 14.6. The molecule has 8 heteroatoms. The van der Waals surface area contributed by atoms with Crippen LogP contribution in [0.4, 0.5) is 9.93 Å². The van der Waals surface area contributed by atoms with Gasteiger partial charge in [0.05, 0.1) is 11.9 Å². The quantitative estimate of drug-likeness (QED) is 0.560. The summed E-state index contributed by atoms with van der Waals surface area (Å²) in [6.07, 6.45) is 1.95. The molecule has 0 unspecified atom stereocenters. The van der Waals surface area contributed by atoms with Gasteiger partial charge in [0.15, 0.2) is 0 Å². The van der Waals surface area contributed by atoms with E-state index in [2.05, 4.69) is 46.1 Å². The zero-order valence-corrected chi connectivity index (χ0v) is 15.4. The number of aromatic nitrogens is 3. The summed E-state index contributed by atoms with van der Waals surface area (Å²) < 4.78 is 1.81. The van der Waals surface area contributed by atoms with E-state index in [9.17, 15) is 4.79 Å². The second kappa shape index (κ2) is 6.55. The van der Waals surface area contributed by atoms with Crippen LogP contribution in [0.2, 0.25) is 0 Å². The predicted octanol–water partition coefficient (Wildman–Crippen LogP) is 3.05. The van der Waals surface area contributed by atoms with Crippen LogP contribution < -0.4 is 10.6 Å². The highest BCUT2D eigenvalue weighted by Crippen LogP contribution is 2.27. The van der Waals surface area contributed by atoms with Crippen LogP contribution in [0.3, 0.4) is 0 Å². The first-order valence-corrected chi connectivity index (χ1v) is 9.70. The summed E-state index contributed by atoms with van der Waals surface area (Å²) in [5.41, 5.74) is 2.00. The van der Waals surface area contributed by atoms with Gasteiger partial charge in [0.25, 0.3) is 0 Å². The molecule has 1 fully saturated rings. The number of imidazole rings is 1. The second-order valence-corrected chi connectivity index (χ2v) is 7.42. The van der Waals surface area contributed by atoms with Gasteiger partial charge in [-0.05, 0) is 16.8 Å². The Hall–Kier alpha value is -3.13. The summed E-state index contributed by atoms with van der Waals surface area (Å²) in [4.78, 5) is 18.9. The Kier molecular flexibility index (Phi) is 3.90. The van der Waals surface area contributed by atoms with Gasteiger partial charge in [-0.2, -0.15) is 0 Å². The minimum absolute atomic E-state index is 0.00534. The standard InChI is InChI=1S/C19H18N6OS/c26-18-21-8-10-24(18)9-7-20-17-23-25-12-16(22-19(25)27-17)15-6-5-13-3-1-2-4-14(13)11-15/h1-6,11-12H,7-10H2,(H,20,23)(H,21,26). The monoisotopic (exact) mass is 378 g/mol. The van der Waals surface area contributed by atoms with Gasteiger partial charge >= 0.3 is 6.03 Å². The topological polar surface area (TPSA) is 74.6 Å². The van der Waals surface area contributed by atoms with Crippen LogP contribution in [-0.2, 0) is 0 Å². The Morgan fingerprint density at radius 1 is 1.19 bits per heavy atom. The highest BCUT2D eigenvalue weighted by atomic mass is 32.1. The predicted molar refractivity (Wildman–Crippen MR) is 107 cm³/mol. The number of hydrogen-bond acceptors (Lipinski definition) is 5. The molecular weight excluding hydrogens is 360 g/mol. The third kappa shape index (κ3) is 3.08. The van der Waals surface area contributed by atoms with Crippen molar-refractivity contribution < 1.29 is 4.79 Å². The number of anilines is 1. The molecule has 0 spiro atoms. The molecule has 0 radical (unpaired) electrons. The number of rotatable bonds is 5. The summed E-state index contributed by atoms with van der Waals surface area (Å²) in [7, 11) is 0. The lowest BCUT2D eigenvalue weighted by Gasteiger charge is -2.13. The molecule has 0 saturated carbocycles. The van der Waals surface area contributed by atoms with Crippen LogP contribution in [-0.4, -0.2) is 51.7 Å². The summed E-state index contributed by atoms with van der Waals surface area (Å²) in [6.45, 7) is 2.82. The first kappa shape index (κ1) is 16.1. The number of carbonyl (C=O) groups is 1. The van der Waals surface area contributed by atoms with Crippen molar-refractivity contribution in [3.05, 3.63) is 48.7 Å². The van der Waals surface area contributed by atoms with E-state index < -0.39 is 0 Å². The van der Waals surface area contributed by atoms with Crippen LogP contribution in [0.25, 0.3) is 27.0 Å². The maximum Gasteiger partial charge on any atom is 0.317 e. The molecule has 2 N–H and O–H groups in total. The Bertz CT molecular complexity index is 1100. The second-order valence-electron chi connectivity index (χ2n) is 6.47. The Labute approximate surface area is 159 Å². The smallest absolute Gasteiger partial charge is 0.317 e. The molecule has 1 saturated heterocycles. The van der Waals surface area contributed by atoms with Gasteiger partial charge in [0, 0.05) is 31.7 Å². The van der Waals surface area contributed by atoms with E-state index >= 15 is 0 Å². The number of carbonyl (C=O) groups excluding carboxylic acids is 1. The normalized spacial score (nSPS) is 14.2. The molecule has 0 bridgehead atoms. The third-order valence-electron chi connectivity index (χ3n) is 4.69. The van der Waals surface area contributed by atoms with Gasteiger partial charge in [0.1, 0.15) is 0 Å². The van der Waals surface area contributed by atoms with Gasteiger partial charge in [-0.25, -0.2) is 14.3 Å². The molecule has 7 nitrogen and oxygen atoms in total. The number of benzene rings is 2. The molecule has 5 rings (SSSR count). The molecule has 1 aliphatic rings. The molecule has 0 atom stereocenters. The maximum absolute atomic E-state index is 11.5. The van der Waals surface area contributed by atoms with Crippen molar-refractivity contribution >= 4 is 38.2 Å². The molecule has 3 heterocycles. The van der Waals surface area contributed by atoms with Gasteiger partial charge in [0.2, 0.25) is 10.1 Å². The third-order valence-corrected chi connectivity index (χ3v) is 5.57. The minimum atomic E-state index is 0.00534. The van der Waals surface area contributed by atoms with Gasteiger partial charge in [-0.3, -0.25) is 0 Å². The average Bonchev–Trinajstić information content (AvgIpc) is 3.37. The fourth-order valence-electron chi connectivity index (χ4n) is 3.28. The fourth-order valence-corrected chi connectivity index (χ4v) is 4.09. The lowest BCUT2D eigenvalue weighted by atomic mass is 10.1. The van der Waals surface area contributed by atoms with Crippen molar-refractivity contribution in [2.75, 3.05) is 31.5 Å². The SMILES string of the molecule is O=C1NCCN1CCNc1nn2cc(-c3ccc4ccccc4c3)nc2s1.